The molecule has 1 aromatic rings. The average Bonchev–Trinajstić information content (AvgIpc) is 2.71. The largest absolute Gasteiger partial charge is 0.465 e. The summed E-state index contributed by atoms with van der Waals surface area (Å²) in [6.07, 6.45) is 0.0169. The predicted molar refractivity (Wildman–Crippen MR) is 77.5 cm³/mol. The molecule has 1 aliphatic heterocycles. The number of ether oxygens (including phenoxy) is 2. The van der Waals surface area contributed by atoms with E-state index in [4.69, 9.17) is 9.47 Å². The first kappa shape index (κ1) is 15.6. The number of methoxy groups -OCH3 is 1. The number of carbonyl (C=O) groups excluding carboxylic acids is 2. The van der Waals surface area contributed by atoms with Crippen molar-refractivity contribution < 1.29 is 19.1 Å². The van der Waals surface area contributed by atoms with Gasteiger partial charge in [-0.05, 0) is 33.3 Å². The van der Waals surface area contributed by atoms with Crippen LogP contribution in [0.5, 0.6) is 0 Å². The Hall–Kier alpha value is -1.82. The third kappa shape index (κ3) is 2.95. The molecule has 0 unspecified atom stereocenters. The van der Waals surface area contributed by atoms with Crippen LogP contribution in [-0.2, 0) is 9.47 Å². The van der Waals surface area contributed by atoms with E-state index in [1.165, 1.54) is 7.11 Å². The highest BCUT2D eigenvalue weighted by atomic mass is 16.5. The van der Waals surface area contributed by atoms with E-state index in [9.17, 15) is 9.59 Å². The number of hydrogen-bond acceptors (Lipinski definition) is 4. The number of amides is 1. The summed E-state index contributed by atoms with van der Waals surface area (Å²) in [5.74, 6) is -0.531. The van der Waals surface area contributed by atoms with Crippen molar-refractivity contribution in [3.05, 3.63) is 22.5 Å². The number of morpholine rings is 1. The minimum Gasteiger partial charge on any atom is -0.465 e. The quantitative estimate of drug-likeness (QED) is 0.842. The second kappa shape index (κ2) is 5.89. The predicted octanol–water partition coefficient (Wildman–Crippen LogP) is 1.67. The van der Waals surface area contributed by atoms with E-state index >= 15 is 0 Å². The Morgan fingerprint density at radius 2 is 1.81 bits per heavy atom. The molecule has 1 N–H and O–H groups in total. The number of carbonyl (C=O) groups is 2. The minimum atomic E-state index is -0.427. The summed E-state index contributed by atoms with van der Waals surface area (Å²) >= 11 is 0. The molecule has 6 nitrogen and oxygen atoms in total. The Balaban J connectivity index is 2.30. The second-order valence-corrected chi connectivity index (χ2v) is 5.58. The van der Waals surface area contributed by atoms with Crippen LogP contribution in [0, 0.1) is 13.8 Å². The van der Waals surface area contributed by atoms with Crippen LogP contribution in [0.15, 0.2) is 0 Å². The molecular weight excluding hydrogens is 272 g/mol. The van der Waals surface area contributed by atoms with Gasteiger partial charge in [-0.15, -0.1) is 0 Å². The molecule has 1 aromatic heterocycles. The van der Waals surface area contributed by atoms with E-state index in [1.54, 1.807) is 18.7 Å². The molecular formula is C15H22N2O4. The number of esters is 1. The van der Waals surface area contributed by atoms with Gasteiger partial charge in [0.2, 0.25) is 0 Å². The van der Waals surface area contributed by atoms with Gasteiger partial charge in [0.05, 0.1) is 24.9 Å². The molecule has 0 bridgehead atoms. The Bertz CT molecular complexity index is 554. The molecule has 0 saturated carbocycles. The molecule has 6 heteroatoms. The van der Waals surface area contributed by atoms with E-state index in [2.05, 4.69) is 4.98 Å². The second-order valence-electron chi connectivity index (χ2n) is 5.58. The summed E-state index contributed by atoms with van der Waals surface area (Å²) in [5, 5.41) is 0. The van der Waals surface area contributed by atoms with Gasteiger partial charge in [0.1, 0.15) is 5.69 Å². The number of aromatic nitrogens is 1. The van der Waals surface area contributed by atoms with E-state index in [0.29, 0.717) is 35.6 Å². The fraction of sp³-hybridized carbons (Fsp3) is 0.600. The maximum atomic E-state index is 12.7. The Morgan fingerprint density at radius 1 is 1.24 bits per heavy atom. The molecule has 2 rings (SSSR count). The standard InChI is InChI=1S/C15H22N2O4/c1-8-6-17(7-9(2)21-8)14(18)13-10(3)12(11(4)16-13)15(19)20-5/h8-9,16H,6-7H2,1-5H3/t8-,9-/m1/s1. The Kier molecular flexibility index (Phi) is 4.37. The number of nitrogens with one attached hydrogen (secondary N) is 1. The molecule has 0 spiro atoms. The van der Waals surface area contributed by atoms with Crippen molar-refractivity contribution in [3.8, 4) is 0 Å². The third-order valence-electron chi connectivity index (χ3n) is 3.75. The molecule has 1 aliphatic rings. The molecule has 2 heterocycles. The molecule has 21 heavy (non-hydrogen) atoms. The van der Waals surface area contributed by atoms with Gasteiger partial charge in [0.25, 0.3) is 5.91 Å². The first-order chi connectivity index (χ1) is 9.85. The van der Waals surface area contributed by atoms with Gasteiger partial charge in [-0.25, -0.2) is 4.79 Å². The SMILES string of the molecule is COC(=O)c1c(C)[nH]c(C(=O)N2C[C@@H](C)O[C@H](C)C2)c1C. The summed E-state index contributed by atoms with van der Waals surface area (Å²) in [5.41, 5.74) is 2.18. The Labute approximate surface area is 124 Å². The maximum Gasteiger partial charge on any atom is 0.339 e. The van der Waals surface area contributed by atoms with Crippen LogP contribution < -0.4 is 0 Å². The van der Waals surface area contributed by atoms with Crippen molar-refractivity contribution in [3.63, 3.8) is 0 Å². The first-order valence-corrected chi connectivity index (χ1v) is 7.07. The molecule has 0 aromatic carbocycles. The number of aromatic amines is 1. The smallest absolute Gasteiger partial charge is 0.339 e. The molecule has 2 atom stereocenters. The molecule has 0 radical (unpaired) electrons. The van der Waals surface area contributed by atoms with E-state index in [0.717, 1.165) is 0 Å². The van der Waals surface area contributed by atoms with Gasteiger partial charge >= 0.3 is 5.97 Å². The first-order valence-electron chi connectivity index (χ1n) is 7.07. The zero-order valence-electron chi connectivity index (χ0n) is 13.1. The van der Waals surface area contributed by atoms with Crippen LogP contribution in [0.3, 0.4) is 0 Å². The van der Waals surface area contributed by atoms with Crippen molar-refractivity contribution in [1.29, 1.82) is 0 Å². The number of H-pyrrole nitrogens is 1. The van der Waals surface area contributed by atoms with Crippen LogP contribution in [0.1, 0.15) is 46.0 Å². The van der Waals surface area contributed by atoms with E-state index in [1.807, 2.05) is 13.8 Å². The van der Waals surface area contributed by atoms with Gasteiger partial charge in [0, 0.05) is 18.8 Å². The highest BCUT2D eigenvalue weighted by molar-refractivity contribution is 6.00. The number of nitrogens with zero attached hydrogens (tertiary/aromatic N) is 1. The van der Waals surface area contributed by atoms with Crippen LogP contribution in [0.2, 0.25) is 0 Å². The lowest BCUT2D eigenvalue weighted by atomic mass is 10.1. The zero-order chi connectivity index (χ0) is 15.7. The normalized spacial score (nSPS) is 22.2. The fourth-order valence-corrected chi connectivity index (χ4v) is 2.87. The molecule has 116 valence electrons. The van der Waals surface area contributed by atoms with Gasteiger partial charge in [-0.3, -0.25) is 4.79 Å². The summed E-state index contributed by atoms with van der Waals surface area (Å²) in [6, 6.07) is 0. The van der Waals surface area contributed by atoms with E-state index in [-0.39, 0.29) is 18.1 Å². The summed E-state index contributed by atoms with van der Waals surface area (Å²) in [4.78, 5) is 29.2. The van der Waals surface area contributed by atoms with Crippen LogP contribution in [0.4, 0.5) is 0 Å². The van der Waals surface area contributed by atoms with Crippen LogP contribution >= 0.6 is 0 Å². The lowest BCUT2D eigenvalue weighted by Gasteiger charge is -2.35. The molecule has 1 amide bonds. The van der Waals surface area contributed by atoms with Gasteiger partial charge in [-0.1, -0.05) is 0 Å². The van der Waals surface area contributed by atoms with Crippen molar-refractivity contribution in [2.45, 2.75) is 39.9 Å². The lowest BCUT2D eigenvalue weighted by Crippen LogP contribution is -2.48. The van der Waals surface area contributed by atoms with Crippen molar-refractivity contribution >= 4 is 11.9 Å². The minimum absolute atomic E-state index is 0.00847. The van der Waals surface area contributed by atoms with Gasteiger partial charge < -0.3 is 19.4 Å². The maximum absolute atomic E-state index is 12.7. The highest BCUT2D eigenvalue weighted by Crippen LogP contribution is 2.22. The highest BCUT2D eigenvalue weighted by Gasteiger charge is 2.30. The molecule has 1 fully saturated rings. The van der Waals surface area contributed by atoms with Crippen molar-refractivity contribution in [2.75, 3.05) is 20.2 Å². The number of rotatable bonds is 2. The average molecular weight is 294 g/mol. The zero-order valence-corrected chi connectivity index (χ0v) is 13.1. The van der Waals surface area contributed by atoms with Crippen LogP contribution in [-0.4, -0.2) is 54.2 Å². The lowest BCUT2D eigenvalue weighted by molar-refractivity contribution is -0.0587. The topological polar surface area (TPSA) is 71.6 Å². The van der Waals surface area contributed by atoms with Crippen molar-refractivity contribution in [1.82, 2.24) is 9.88 Å². The van der Waals surface area contributed by atoms with Crippen molar-refractivity contribution in [2.24, 2.45) is 0 Å². The fourth-order valence-electron chi connectivity index (χ4n) is 2.87. The summed E-state index contributed by atoms with van der Waals surface area (Å²) in [7, 11) is 1.33. The van der Waals surface area contributed by atoms with Gasteiger partial charge in [0.15, 0.2) is 0 Å². The summed E-state index contributed by atoms with van der Waals surface area (Å²) < 4.78 is 10.4. The van der Waals surface area contributed by atoms with Crippen LogP contribution in [0.25, 0.3) is 0 Å². The van der Waals surface area contributed by atoms with E-state index < -0.39 is 5.97 Å². The monoisotopic (exact) mass is 294 g/mol. The summed E-state index contributed by atoms with van der Waals surface area (Å²) in [6.45, 7) is 8.52. The number of hydrogen-bond donors (Lipinski definition) is 1. The Morgan fingerprint density at radius 3 is 2.33 bits per heavy atom. The molecule has 1 saturated heterocycles. The number of aryl methyl sites for hydroxylation is 1. The third-order valence-corrected chi connectivity index (χ3v) is 3.75. The molecule has 0 aliphatic carbocycles. The van der Waals surface area contributed by atoms with Gasteiger partial charge in [-0.2, -0.15) is 0 Å².